The first-order valence-electron chi connectivity index (χ1n) is 10.2. The fourth-order valence-corrected chi connectivity index (χ4v) is 3.94. The molecule has 1 unspecified atom stereocenters. The Bertz CT molecular complexity index is 909. The van der Waals surface area contributed by atoms with Gasteiger partial charge in [-0.05, 0) is 48.9 Å². The molecule has 1 aliphatic carbocycles. The van der Waals surface area contributed by atoms with Crippen molar-refractivity contribution in [2.75, 3.05) is 31.2 Å². The van der Waals surface area contributed by atoms with E-state index < -0.39 is 0 Å². The van der Waals surface area contributed by atoms with Gasteiger partial charge in [-0.2, -0.15) is 5.26 Å². The molecule has 2 aliphatic rings. The van der Waals surface area contributed by atoms with E-state index in [4.69, 9.17) is 9.72 Å². The third-order valence-electron chi connectivity index (χ3n) is 5.53. The zero-order chi connectivity index (χ0) is 20.1. The molecule has 1 atom stereocenters. The highest BCUT2D eigenvalue weighted by Crippen LogP contribution is 2.27. The summed E-state index contributed by atoms with van der Waals surface area (Å²) in [5, 5.41) is 12.6. The number of nitriles is 1. The number of hydrogen-bond donors (Lipinski definition) is 1. The van der Waals surface area contributed by atoms with Crippen molar-refractivity contribution < 1.29 is 9.53 Å². The quantitative estimate of drug-likeness (QED) is 0.857. The van der Waals surface area contributed by atoms with Crippen LogP contribution in [0.2, 0.25) is 0 Å². The molecule has 150 valence electrons. The maximum absolute atomic E-state index is 12.8. The summed E-state index contributed by atoms with van der Waals surface area (Å²) < 4.78 is 5.69. The van der Waals surface area contributed by atoms with Crippen LogP contribution in [0.1, 0.15) is 35.2 Å². The van der Waals surface area contributed by atoms with Crippen LogP contribution in [-0.4, -0.2) is 42.2 Å². The lowest BCUT2D eigenvalue weighted by molar-refractivity contribution is -0.126. The van der Waals surface area contributed by atoms with Crippen LogP contribution in [0.4, 0.5) is 5.82 Å². The Hall–Kier alpha value is -2.98. The van der Waals surface area contributed by atoms with E-state index >= 15 is 0 Å². The number of amides is 1. The van der Waals surface area contributed by atoms with Crippen molar-refractivity contribution in [2.24, 2.45) is 5.92 Å². The van der Waals surface area contributed by atoms with Gasteiger partial charge in [-0.3, -0.25) is 9.78 Å². The Morgan fingerprint density at radius 1 is 1.38 bits per heavy atom. The smallest absolute Gasteiger partial charge is 0.227 e. The van der Waals surface area contributed by atoms with Gasteiger partial charge in [0.15, 0.2) is 0 Å². The van der Waals surface area contributed by atoms with E-state index in [1.807, 2.05) is 23.1 Å². The normalized spacial score (nSPS) is 19.0. The SMILES string of the molecule is N#Cc1cc2c(nc1N1CCOCC(C(=O)NCc3cccnc3)C1)CCCC2. The van der Waals surface area contributed by atoms with E-state index in [2.05, 4.69) is 16.4 Å². The van der Waals surface area contributed by atoms with Gasteiger partial charge >= 0.3 is 0 Å². The molecule has 0 aromatic carbocycles. The van der Waals surface area contributed by atoms with Gasteiger partial charge in [0.25, 0.3) is 0 Å². The number of nitrogens with zero attached hydrogens (tertiary/aromatic N) is 4. The Labute approximate surface area is 170 Å². The molecule has 1 amide bonds. The highest BCUT2D eigenvalue weighted by molar-refractivity contribution is 5.79. The van der Waals surface area contributed by atoms with Crippen LogP contribution in [0.15, 0.2) is 30.6 Å². The molecule has 2 aromatic rings. The first-order chi connectivity index (χ1) is 14.2. The summed E-state index contributed by atoms with van der Waals surface area (Å²) in [6.45, 7) is 2.41. The first-order valence-corrected chi connectivity index (χ1v) is 10.2. The predicted molar refractivity (Wildman–Crippen MR) is 108 cm³/mol. The molecule has 1 saturated heterocycles. The number of aromatic nitrogens is 2. The predicted octanol–water partition coefficient (Wildman–Crippen LogP) is 2.00. The second-order valence-corrected chi connectivity index (χ2v) is 7.58. The highest BCUT2D eigenvalue weighted by atomic mass is 16.5. The van der Waals surface area contributed by atoms with Crippen molar-refractivity contribution in [3.63, 3.8) is 0 Å². The van der Waals surface area contributed by atoms with Crippen LogP contribution in [-0.2, 0) is 28.9 Å². The molecule has 29 heavy (non-hydrogen) atoms. The monoisotopic (exact) mass is 391 g/mol. The van der Waals surface area contributed by atoms with E-state index in [9.17, 15) is 10.1 Å². The number of aryl methyl sites for hydroxylation is 2. The van der Waals surface area contributed by atoms with Crippen LogP contribution in [0.25, 0.3) is 0 Å². The van der Waals surface area contributed by atoms with Crippen LogP contribution < -0.4 is 10.2 Å². The lowest BCUT2D eigenvalue weighted by Gasteiger charge is -2.27. The number of rotatable bonds is 4. The van der Waals surface area contributed by atoms with Crippen molar-refractivity contribution >= 4 is 11.7 Å². The third kappa shape index (κ3) is 4.54. The molecule has 0 saturated carbocycles. The van der Waals surface area contributed by atoms with E-state index in [1.165, 1.54) is 5.56 Å². The summed E-state index contributed by atoms with van der Waals surface area (Å²) in [6.07, 6.45) is 7.67. The lowest BCUT2D eigenvalue weighted by Crippen LogP contribution is -2.40. The lowest BCUT2D eigenvalue weighted by atomic mass is 9.94. The molecular formula is C22H25N5O2. The standard InChI is InChI=1S/C22H25N5O2/c23-11-18-10-17-5-1-2-6-20(17)26-21(18)27-8-9-29-15-19(14-27)22(28)25-13-16-4-3-7-24-12-16/h3-4,7,10,12,19H,1-2,5-6,8-9,13-15H2,(H,25,28). The van der Waals surface area contributed by atoms with E-state index in [-0.39, 0.29) is 11.8 Å². The third-order valence-corrected chi connectivity index (χ3v) is 5.53. The molecule has 7 nitrogen and oxygen atoms in total. The number of hydrogen-bond acceptors (Lipinski definition) is 6. The van der Waals surface area contributed by atoms with E-state index in [1.54, 1.807) is 12.4 Å². The molecule has 0 radical (unpaired) electrons. The number of pyridine rings is 2. The number of ether oxygens (including phenoxy) is 1. The zero-order valence-electron chi connectivity index (χ0n) is 16.4. The molecule has 2 aromatic heterocycles. The van der Waals surface area contributed by atoms with Gasteiger partial charge in [-0.15, -0.1) is 0 Å². The molecule has 1 aliphatic heterocycles. The van der Waals surface area contributed by atoms with Gasteiger partial charge in [-0.1, -0.05) is 6.07 Å². The summed E-state index contributed by atoms with van der Waals surface area (Å²) >= 11 is 0. The van der Waals surface area contributed by atoms with Crippen LogP contribution >= 0.6 is 0 Å². The number of anilines is 1. The second kappa shape index (κ2) is 9.01. The van der Waals surface area contributed by atoms with Gasteiger partial charge in [0, 0.05) is 37.7 Å². The average Bonchev–Trinajstić information content (AvgIpc) is 3.03. The summed E-state index contributed by atoms with van der Waals surface area (Å²) in [4.78, 5) is 23.7. The number of nitrogens with one attached hydrogen (secondary N) is 1. The molecule has 4 rings (SSSR count). The molecule has 1 N–H and O–H groups in total. The van der Waals surface area contributed by atoms with Gasteiger partial charge in [-0.25, -0.2) is 4.98 Å². The van der Waals surface area contributed by atoms with Gasteiger partial charge < -0.3 is 15.0 Å². The minimum absolute atomic E-state index is 0.0581. The van der Waals surface area contributed by atoms with Crippen molar-refractivity contribution in [1.82, 2.24) is 15.3 Å². The second-order valence-electron chi connectivity index (χ2n) is 7.58. The molecule has 1 fully saturated rings. The molecule has 0 bridgehead atoms. The largest absolute Gasteiger partial charge is 0.379 e. The van der Waals surface area contributed by atoms with Crippen molar-refractivity contribution in [2.45, 2.75) is 32.2 Å². The summed E-state index contributed by atoms with van der Waals surface area (Å²) in [7, 11) is 0. The summed E-state index contributed by atoms with van der Waals surface area (Å²) in [6, 6.07) is 8.07. The van der Waals surface area contributed by atoms with Crippen LogP contribution in [0.3, 0.4) is 0 Å². The highest BCUT2D eigenvalue weighted by Gasteiger charge is 2.28. The van der Waals surface area contributed by atoms with Crippen LogP contribution in [0.5, 0.6) is 0 Å². The van der Waals surface area contributed by atoms with Crippen molar-refractivity contribution in [3.8, 4) is 6.07 Å². The first kappa shape index (κ1) is 19.3. The maximum atomic E-state index is 12.8. The summed E-state index contributed by atoms with van der Waals surface area (Å²) in [5.41, 5.74) is 3.82. The Kier molecular flexibility index (Phi) is 6.01. The summed E-state index contributed by atoms with van der Waals surface area (Å²) in [5.74, 6) is 0.305. The fourth-order valence-electron chi connectivity index (χ4n) is 3.94. The number of carbonyl (C=O) groups excluding carboxylic acids is 1. The Balaban J connectivity index is 1.50. The fraction of sp³-hybridized carbons (Fsp3) is 0.455. The number of carbonyl (C=O) groups is 1. The van der Waals surface area contributed by atoms with Crippen LogP contribution in [0, 0.1) is 17.2 Å². The zero-order valence-corrected chi connectivity index (χ0v) is 16.4. The van der Waals surface area contributed by atoms with E-state index in [0.717, 1.165) is 36.9 Å². The topological polar surface area (TPSA) is 91.1 Å². The number of fused-ring (bicyclic) bond motifs is 1. The maximum Gasteiger partial charge on any atom is 0.227 e. The van der Waals surface area contributed by atoms with Gasteiger partial charge in [0.1, 0.15) is 11.9 Å². The Morgan fingerprint density at radius 3 is 3.10 bits per heavy atom. The molecule has 3 heterocycles. The van der Waals surface area contributed by atoms with Gasteiger partial charge in [0.2, 0.25) is 5.91 Å². The average molecular weight is 391 g/mol. The molecular weight excluding hydrogens is 366 g/mol. The van der Waals surface area contributed by atoms with Crippen molar-refractivity contribution in [1.29, 1.82) is 5.26 Å². The van der Waals surface area contributed by atoms with Gasteiger partial charge in [0.05, 0.1) is 24.7 Å². The minimum atomic E-state index is -0.321. The minimum Gasteiger partial charge on any atom is -0.379 e. The molecule has 7 heteroatoms. The van der Waals surface area contributed by atoms with Crippen molar-refractivity contribution in [3.05, 3.63) is 53.0 Å². The molecule has 0 spiro atoms. The van der Waals surface area contributed by atoms with E-state index in [0.29, 0.717) is 44.2 Å². The Morgan fingerprint density at radius 2 is 2.28 bits per heavy atom.